The maximum Gasteiger partial charge on any atom is 0.265 e. The molecule has 0 saturated heterocycles. The highest BCUT2D eigenvalue weighted by atomic mass is 16.1. The second-order valence-electron chi connectivity index (χ2n) is 3.69. The van der Waals surface area contributed by atoms with Crippen molar-refractivity contribution in [2.24, 2.45) is 5.73 Å². The van der Waals surface area contributed by atoms with Crippen LogP contribution in [0.2, 0.25) is 0 Å². The molecule has 1 aliphatic rings. The van der Waals surface area contributed by atoms with Gasteiger partial charge < -0.3 is 10.6 Å². The highest BCUT2D eigenvalue weighted by Crippen LogP contribution is 2.16. The summed E-state index contributed by atoms with van der Waals surface area (Å²) in [5.74, 6) is -0.375. The van der Waals surface area contributed by atoms with Crippen LogP contribution in [0, 0.1) is 0 Å². The number of allylic oxidation sites excluding steroid dienone is 2. The molecule has 0 radical (unpaired) electrons. The largest absolute Gasteiger partial charge is 0.364 e. The topological polar surface area (TPSA) is 46.3 Å². The number of nitrogens with zero attached hydrogens (tertiary/aromatic N) is 1. The van der Waals surface area contributed by atoms with Gasteiger partial charge in [-0.1, -0.05) is 42.5 Å². The lowest BCUT2D eigenvalue weighted by atomic mass is 10.1. The maximum absolute atomic E-state index is 11.2. The van der Waals surface area contributed by atoms with Gasteiger partial charge in [-0.2, -0.15) is 0 Å². The molecule has 0 unspecified atom stereocenters. The molecule has 0 fully saturated rings. The number of benzene rings is 1. The highest BCUT2D eigenvalue weighted by Gasteiger charge is 2.14. The highest BCUT2D eigenvalue weighted by molar-refractivity contribution is 5.91. The van der Waals surface area contributed by atoms with Crippen molar-refractivity contribution < 1.29 is 4.79 Å². The van der Waals surface area contributed by atoms with Crippen LogP contribution in [0.15, 0.2) is 54.4 Å². The Morgan fingerprint density at radius 3 is 2.75 bits per heavy atom. The summed E-state index contributed by atoms with van der Waals surface area (Å²) in [6.45, 7) is 0.673. The van der Waals surface area contributed by atoms with Crippen LogP contribution in [0.25, 0.3) is 0 Å². The van der Waals surface area contributed by atoms with Gasteiger partial charge in [0.05, 0.1) is 0 Å². The molecule has 1 aromatic carbocycles. The minimum absolute atomic E-state index is 0.375. The summed E-state index contributed by atoms with van der Waals surface area (Å²) in [6, 6.07) is 10.00. The van der Waals surface area contributed by atoms with Crippen LogP contribution in [-0.4, -0.2) is 10.8 Å². The van der Waals surface area contributed by atoms with Crippen molar-refractivity contribution >= 4 is 5.91 Å². The maximum atomic E-state index is 11.2. The first-order valence-electron chi connectivity index (χ1n) is 5.24. The van der Waals surface area contributed by atoms with E-state index in [1.165, 1.54) is 0 Å². The molecule has 0 atom stereocenters. The standard InChI is InChI=1S/C13H14N2O/c14-13(16)12-8-4-5-9-15(12)10-11-6-2-1-3-7-11/h1-3,5-9H,4,10H2,(H2,14,16). The van der Waals surface area contributed by atoms with E-state index in [1.807, 2.05) is 53.6 Å². The SMILES string of the molecule is NC(=O)C1=CCC=CN1Cc1ccccc1. The Bertz CT molecular complexity index is 435. The van der Waals surface area contributed by atoms with Crippen LogP contribution in [0.1, 0.15) is 12.0 Å². The third-order valence-electron chi connectivity index (χ3n) is 2.49. The molecule has 2 rings (SSSR count). The van der Waals surface area contributed by atoms with Crippen molar-refractivity contribution in [3.05, 3.63) is 59.9 Å². The molecular formula is C13H14N2O. The van der Waals surface area contributed by atoms with Gasteiger partial charge in [-0.25, -0.2) is 0 Å². The molecule has 3 nitrogen and oxygen atoms in total. The lowest BCUT2D eigenvalue weighted by Gasteiger charge is -2.24. The number of rotatable bonds is 3. The first-order valence-corrected chi connectivity index (χ1v) is 5.24. The molecule has 16 heavy (non-hydrogen) atoms. The Morgan fingerprint density at radius 2 is 2.06 bits per heavy atom. The van der Waals surface area contributed by atoms with E-state index in [4.69, 9.17) is 5.73 Å². The predicted octanol–water partition coefficient (Wildman–Crippen LogP) is 1.78. The Balaban J connectivity index is 2.14. The molecule has 0 spiro atoms. The van der Waals surface area contributed by atoms with E-state index >= 15 is 0 Å². The average Bonchev–Trinajstić information content (AvgIpc) is 2.31. The van der Waals surface area contributed by atoms with Crippen LogP contribution < -0.4 is 5.73 Å². The van der Waals surface area contributed by atoms with Gasteiger partial charge in [0.15, 0.2) is 0 Å². The summed E-state index contributed by atoms with van der Waals surface area (Å²) in [4.78, 5) is 13.1. The Morgan fingerprint density at radius 1 is 1.31 bits per heavy atom. The number of hydrogen-bond acceptors (Lipinski definition) is 2. The molecule has 1 aliphatic heterocycles. The van der Waals surface area contributed by atoms with Gasteiger partial charge >= 0.3 is 0 Å². The molecule has 1 heterocycles. The van der Waals surface area contributed by atoms with Crippen LogP contribution in [0.4, 0.5) is 0 Å². The molecule has 1 aromatic rings. The van der Waals surface area contributed by atoms with Crippen molar-refractivity contribution in [1.29, 1.82) is 0 Å². The van der Waals surface area contributed by atoms with Gasteiger partial charge in [-0.05, 0) is 12.0 Å². The summed E-state index contributed by atoms with van der Waals surface area (Å²) in [6.07, 6.45) is 6.54. The fraction of sp³-hybridized carbons (Fsp3) is 0.154. The van der Waals surface area contributed by atoms with Crippen LogP contribution in [0.5, 0.6) is 0 Å². The van der Waals surface area contributed by atoms with E-state index in [0.29, 0.717) is 12.2 Å². The Kier molecular flexibility index (Phi) is 3.05. The monoisotopic (exact) mass is 214 g/mol. The Labute approximate surface area is 94.9 Å². The molecule has 1 amide bonds. The second-order valence-corrected chi connectivity index (χ2v) is 3.69. The fourth-order valence-corrected chi connectivity index (χ4v) is 1.73. The summed E-state index contributed by atoms with van der Waals surface area (Å²) in [7, 11) is 0. The van der Waals surface area contributed by atoms with Gasteiger partial charge in [0.1, 0.15) is 5.70 Å². The smallest absolute Gasteiger partial charge is 0.265 e. The van der Waals surface area contributed by atoms with Gasteiger partial charge in [-0.3, -0.25) is 4.79 Å². The predicted molar refractivity (Wildman–Crippen MR) is 63.0 cm³/mol. The van der Waals surface area contributed by atoms with Gasteiger partial charge in [0, 0.05) is 12.7 Å². The van der Waals surface area contributed by atoms with Crippen molar-refractivity contribution in [2.75, 3.05) is 0 Å². The summed E-state index contributed by atoms with van der Waals surface area (Å²) >= 11 is 0. The number of amides is 1. The zero-order valence-electron chi connectivity index (χ0n) is 8.97. The minimum atomic E-state index is -0.375. The van der Waals surface area contributed by atoms with E-state index in [0.717, 1.165) is 12.0 Å². The van der Waals surface area contributed by atoms with Gasteiger partial charge in [0.2, 0.25) is 0 Å². The number of primary amides is 1. The van der Waals surface area contributed by atoms with Crippen LogP contribution in [0.3, 0.4) is 0 Å². The molecule has 2 N–H and O–H groups in total. The van der Waals surface area contributed by atoms with Crippen LogP contribution in [-0.2, 0) is 11.3 Å². The molecule has 0 saturated carbocycles. The quantitative estimate of drug-likeness (QED) is 0.833. The lowest BCUT2D eigenvalue weighted by Crippen LogP contribution is -2.28. The minimum Gasteiger partial charge on any atom is -0.364 e. The summed E-state index contributed by atoms with van der Waals surface area (Å²) < 4.78 is 0. The van der Waals surface area contributed by atoms with Gasteiger partial charge in [-0.15, -0.1) is 0 Å². The van der Waals surface area contributed by atoms with Crippen molar-refractivity contribution in [1.82, 2.24) is 4.90 Å². The second kappa shape index (κ2) is 4.66. The summed E-state index contributed by atoms with van der Waals surface area (Å²) in [5, 5.41) is 0. The zero-order valence-corrected chi connectivity index (χ0v) is 8.97. The number of carbonyl (C=O) groups is 1. The van der Waals surface area contributed by atoms with Crippen molar-refractivity contribution in [3.8, 4) is 0 Å². The Hall–Kier alpha value is -2.03. The van der Waals surface area contributed by atoms with Gasteiger partial charge in [0.25, 0.3) is 5.91 Å². The molecule has 0 aromatic heterocycles. The van der Waals surface area contributed by atoms with E-state index in [-0.39, 0.29) is 5.91 Å². The molecular weight excluding hydrogens is 200 g/mol. The number of hydrogen-bond donors (Lipinski definition) is 1. The summed E-state index contributed by atoms with van der Waals surface area (Å²) in [5.41, 5.74) is 7.06. The van der Waals surface area contributed by atoms with E-state index in [2.05, 4.69) is 0 Å². The third-order valence-corrected chi connectivity index (χ3v) is 2.49. The molecule has 82 valence electrons. The fourth-order valence-electron chi connectivity index (χ4n) is 1.73. The first kappa shape index (κ1) is 10.5. The van der Waals surface area contributed by atoms with Crippen molar-refractivity contribution in [2.45, 2.75) is 13.0 Å². The third kappa shape index (κ3) is 2.31. The van der Waals surface area contributed by atoms with E-state index < -0.39 is 0 Å². The van der Waals surface area contributed by atoms with E-state index in [1.54, 1.807) is 0 Å². The average molecular weight is 214 g/mol. The van der Waals surface area contributed by atoms with Crippen LogP contribution >= 0.6 is 0 Å². The normalized spacial score (nSPS) is 14.8. The molecule has 3 heteroatoms. The first-order chi connectivity index (χ1) is 7.77. The lowest BCUT2D eigenvalue weighted by molar-refractivity contribution is -0.115. The van der Waals surface area contributed by atoms with Crippen molar-refractivity contribution in [3.63, 3.8) is 0 Å². The number of nitrogens with two attached hydrogens (primary N) is 1. The molecule has 0 bridgehead atoms. The van der Waals surface area contributed by atoms with E-state index in [9.17, 15) is 4.79 Å². The number of carbonyl (C=O) groups excluding carboxylic acids is 1. The molecule has 0 aliphatic carbocycles. The zero-order chi connectivity index (χ0) is 11.4.